The van der Waals surface area contributed by atoms with Crippen LogP contribution in [0.1, 0.15) is 45.2 Å². The van der Waals surface area contributed by atoms with Gasteiger partial charge in [0.15, 0.2) is 0 Å². The third kappa shape index (κ3) is 12.0. The lowest BCUT2D eigenvalue weighted by Crippen LogP contribution is -2.49. The van der Waals surface area contributed by atoms with Crippen molar-refractivity contribution < 1.29 is 29.1 Å². The van der Waals surface area contributed by atoms with Gasteiger partial charge in [0, 0.05) is 24.1 Å². The molecular weight excluding hydrogens is 621 g/mol. The van der Waals surface area contributed by atoms with Crippen molar-refractivity contribution in [3.63, 3.8) is 0 Å². The predicted molar refractivity (Wildman–Crippen MR) is 179 cm³/mol. The Hall–Kier alpha value is -4.19. The van der Waals surface area contributed by atoms with E-state index in [4.69, 9.17) is 32.8 Å². The molecule has 0 bridgehead atoms. The number of ether oxygens (including phenoxy) is 1. The summed E-state index contributed by atoms with van der Waals surface area (Å²) < 4.78 is 5.52. The normalized spacial score (nSPS) is 11.9. The van der Waals surface area contributed by atoms with E-state index >= 15 is 0 Å². The Kier molecular flexibility index (Phi) is 14.8. The highest BCUT2D eigenvalue weighted by Crippen LogP contribution is 2.32. The summed E-state index contributed by atoms with van der Waals surface area (Å²) in [6, 6.07) is 9.96. The number of carbonyl (C=O) groups excluding carboxylic acids is 2. The van der Waals surface area contributed by atoms with Crippen molar-refractivity contribution in [1.82, 2.24) is 10.2 Å². The van der Waals surface area contributed by atoms with Crippen LogP contribution >= 0.6 is 23.2 Å². The maximum Gasteiger partial charge on any atom is 0.413 e. The lowest BCUT2D eigenvalue weighted by atomic mass is 10.0. The van der Waals surface area contributed by atoms with Crippen LogP contribution in [0.25, 0.3) is 0 Å². The van der Waals surface area contributed by atoms with Gasteiger partial charge in [-0.1, -0.05) is 47.1 Å². The van der Waals surface area contributed by atoms with Crippen molar-refractivity contribution in [2.24, 2.45) is 10.1 Å². The van der Waals surface area contributed by atoms with E-state index in [-0.39, 0.29) is 53.5 Å². The molecule has 0 radical (unpaired) electrons. The van der Waals surface area contributed by atoms with E-state index < -0.39 is 17.5 Å². The van der Waals surface area contributed by atoms with Crippen molar-refractivity contribution in [2.45, 2.75) is 46.1 Å². The van der Waals surface area contributed by atoms with E-state index in [9.17, 15) is 19.5 Å². The number of carbonyl (C=O) groups is 3. The number of oxime groups is 1. The Morgan fingerprint density at radius 1 is 1.07 bits per heavy atom. The van der Waals surface area contributed by atoms with Gasteiger partial charge in [-0.2, -0.15) is 4.99 Å². The number of nitrogens with one attached hydrogen (secondary N) is 2. The molecule has 0 fully saturated rings. The van der Waals surface area contributed by atoms with Crippen molar-refractivity contribution in [2.75, 3.05) is 31.6 Å². The molecule has 0 unspecified atom stereocenters. The predicted octanol–water partition coefficient (Wildman–Crippen LogP) is 6.35. The average Bonchev–Trinajstić information content (AvgIpc) is 2.95. The van der Waals surface area contributed by atoms with Gasteiger partial charge in [-0.25, -0.2) is 4.79 Å². The topological polar surface area (TPSA) is 142 Å². The number of nitrogens with zero attached hydrogens (tertiary/aromatic N) is 3. The molecule has 11 nitrogen and oxygen atoms in total. The molecule has 0 aliphatic heterocycles. The number of carboxylic acid groups (broad SMARTS) is 1. The third-order valence-corrected chi connectivity index (χ3v) is 6.45. The van der Waals surface area contributed by atoms with Gasteiger partial charge in [0.2, 0.25) is 5.91 Å². The average molecular weight is 661 g/mol. The highest BCUT2D eigenvalue weighted by atomic mass is 35.5. The summed E-state index contributed by atoms with van der Waals surface area (Å²) in [6.07, 6.45) is 1.55. The Bertz CT molecular complexity index is 1410. The third-order valence-electron chi connectivity index (χ3n) is 5.85. The summed E-state index contributed by atoms with van der Waals surface area (Å²) in [5.74, 6) is -0.467. The monoisotopic (exact) mass is 659 g/mol. The highest BCUT2D eigenvalue weighted by Gasteiger charge is 2.32. The number of rotatable bonds is 15. The first-order chi connectivity index (χ1) is 21.3. The van der Waals surface area contributed by atoms with Crippen molar-refractivity contribution >= 4 is 58.3 Å². The van der Waals surface area contributed by atoms with Crippen LogP contribution in [0.2, 0.25) is 10.0 Å². The van der Waals surface area contributed by atoms with Crippen LogP contribution in [0.4, 0.5) is 10.5 Å². The summed E-state index contributed by atoms with van der Waals surface area (Å²) >= 11 is 12.9. The van der Waals surface area contributed by atoms with Gasteiger partial charge in [-0.3, -0.25) is 14.5 Å². The number of halogens is 2. The highest BCUT2D eigenvalue weighted by molar-refractivity contribution is 6.40. The Morgan fingerprint density at radius 3 is 2.24 bits per heavy atom. The van der Waals surface area contributed by atoms with E-state index in [0.29, 0.717) is 35.7 Å². The van der Waals surface area contributed by atoms with E-state index in [1.807, 2.05) is 0 Å². The first-order valence-electron chi connectivity index (χ1n) is 14.1. The lowest BCUT2D eigenvalue weighted by Gasteiger charge is -2.34. The molecule has 2 aromatic rings. The molecule has 45 heavy (non-hydrogen) atoms. The van der Waals surface area contributed by atoms with Crippen LogP contribution < -0.4 is 15.4 Å². The fourth-order valence-corrected chi connectivity index (χ4v) is 4.64. The molecule has 0 saturated heterocycles. The van der Waals surface area contributed by atoms with Gasteiger partial charge < -0.3 is 25.3 Å². The Morgan fingerprint density at radius 2 is 1.71 bits per heavy atom. The SMILES string of the molecule is C=CCNCC(=O)Nc1c(Cl)cc(CC(=NC(=O)CC(=NOCC)c2ccc(OCC=C)cc2)N(C(=O)O)C(C)(C)C)cc1Cl. The molecule has 2 rings (SSSR count). The van der Waals surface area contributed by atoms with Gasteiger partial charge in [-0.05, 0) is 69.7 Å². The summed E-state index contributed by atoms with van der Waals surface area (Å²) in [7, 11) is 0. The number of amides is 3. The summed E-state index contributed by atoms with van der Waals surface area (Å²) in [4.78, 5) is 48.6. The minimum Gasteiger partial charge on any atom is -0.490 e. The largest absolute Gasteiger partial charge is 0.490 e. The molecule has 0 heterocycles. The van der Waals surface area contributed by atoms with Crippen molar-refractivity contribution in [3.05, 3.63) is 82.9 Å². The molecule has 3 N–H and O–H groups in total. The molecule has 0 aliphatic rings. The standard InChI is InChI=1S/C32H39Cl2N5O6/c1-7-14-35-20-29(41)37-30-24(33)16-21(17-25(30)34)18-27(39(31(42)43)32(4,5)6)36-28(40)19-26(38-45-9-3)22-10-12-23(13-11-22)44-15-8-2/h7-8,10-13,16-17,35H,1-2,9,14-15,18-20H2,3-6H3,(H,37,41)(H,42,43). The molecule has 3 amide bonds. The fraction of sp³-hybridized carbons (Fsp3) is 0.344. The maximum absolute atomic E-state index is 13.4. The van der Waals surface area contributed by atoms with Crippen LogP contribution in [0, 0.1) is 0 Å². The molecule has 242 valence electrons. The van der Waals surface area contributed by atoms with Crippen LogP contribution in [-0.4, -0.2) is 71.3 Å². The fourth-order valence-electron chi connectivity index (χ4n) is 4.01. The Balaban J connectivity index is 2.44. The number of amidine groups is 1. The van der Waals surface area contributed by atoms with Crippen LogP contribution in [-0.2, 0) is 20.8 Å². The number of anilines is 1. The van der Waals surface area contributed by atoms with E-state index in [1.165, 1.54) is 12.1 Å². The van der Waals surface area contributed by atoms with E-state index in [1.54, 1.807) is 64.1 Å². The summed E-state index contributed by atoms with van der Waals surface area (Å²) in [5.41, 5.74) is 0.598. The second kappa shape index (κ2) is 17.9. The summed E-state index contributed by atoms with van der Waals surface area (Å²) in [6.45, 7) is 15.1. The van der Waals surface area contributed by atoms with Gasteiger partial charge in [0.25, 0.3) is 5.91 Å². The second-order valence-corrected chi connectivity index (χ2v) is 11.4. The molecule has 0 aliphatic carbocycles. The maximum atomic E-state index is 13.4. The molecule has 0 saturated carbocycles. The van der Waals surface area contributed by atoms with Gasteiger partial charge in [0.1, 0.15) is 24.8 Å². The zero-order valence-corrected chi connectivity index (χ0v) is 27.4. The van der Waals surface area contributed by atoms with Crippen molar-refractivity contribution in [3.8, 4) is 5.75 Å². The molecule has 0 aromatic heterocycles. The minimum absolute atomic E-state index is 0.0142. The van der Waals surface area contributed by atoms with Crippen LogP contribution in [0.15, 0.2) is 71.9 Å². The first-order valence-corrected chi connectivity index (χ1v) is 14.8. The van der Waals surface area contributed by atoms with Gasteiger partial charge in [-0.15, -0.1) is 6.58 Å². The van der Waals surface area contributed by atoms with Crippen LogP contribution in [0.3, 0.4) is 0 Å². The minimum atomic E-state index is -1.31. The van der Waals surface area contributed by atoms with Gasteiger partial charge in [0.05, 0.1) is 34.4 Å². The van der Waals surface area contributed by atoms with Crippen LogP contribution in [0.5, 0.6) is 5.75 Å². The van der Waals surface area contributed by atoms with Gasteiger partial charge >= 0.3 is 6.09 Å². The number of aliphatic imine (C=N–C) groups is 1. The second-order valence-electron chi connectivity index (χ2n) is 10.5. The number of hydrogen-bond donors (Lipinski definition) is 3. The van der Waals surface area contributed by atoms with E-state index in [0.717, 1.165) is 4.90 Å². The lowest BCUT2D eigenvalue weighted by molar-refractivity contribution is -0.117. The molecule has 0 atom stereocenters. The summed E-state index contributed by atoms with van der Waals surface area (Å²) in [5, 5.41) is 20.0. The number of hydrogen-bond acceptors (Lipinski definition) is 7. The molecule has 13 heteroatoms. The Labute approximate surface area is 273 Å². The molecular formula is C32H39Cl2N5O6. The molecule has 2 aromatic carbocycles. The van der Waals surface area contributed by atoms with Crippen molar-refractivity contribution in [1.29, 1.82) is 0 Å². The zero-order valence-electron chi connectivity index (χ0n) is 25.9. The zero-order chi connectivity index (χ0) is 33.6. The van der Waals surface area contributed by atoms with E-state index in [2.05, 4.69) is 33.9 Å². The first kappa shape index (κ1) is 37.0. The quantitative estimate of drug-likeness (QED) is 0.0665. The number of benzene rings is 2. The molecule has 0 spiro atoms. The smallest absolute Gasteiger partial charge is 0.413 e.